The van der Waals surface area contributed by atoms with Crippen LogP contribution in [0.4, 0.5) is 0 Å². The standard InChI is InChI=1S/C17H21N5O/c1-21-17(8-4-2-3-5-9-17)22-15(16(23)20-21)11-14(19-22)13-7-6-10-18-12-13/h6-7,10-12H,2-5,8-9H2,1H3,(H,20,23). The molecule has 1 fully saturated rings. The molecule has 6 heteroatoms. The Morgan fingerprint density at radius 1 is 1.22 bits per heavy atom. The van der Waals surface area contributed by atoms with E-state index in [1.165, 1.54) is 12.8 Å². The highest BCUT2D eigenvalue weighted by Gasteiger charge is 2.44. The molecule has 120 valence electrons. The van der Waals surface area contributed by atoms with E-state index in [9.17, 15) is 4.79 Å². The number of nitrogens with zero attached hydrogens (tertiary/aromatic N) is 4. The first-order valence-corrected chi connectivity index (χ1v) is 8.26. The highest BCUT2D eigenvalue weighted by Crippen LogP contribution is 2.39. The van der Waals surface area contributed by atoms with Gasteiger partial charge in [-0.15, -0.1) is 0 Å². The molecule has 2 aliphatic rings. The van der Waals surface area contributed by atoms with Gasteiger partial charge in [-0.25, -0.2) is 4.68 Å². The Balaban J connectivity index is 1.85. The zero-order chi connectivity index (χ0) is 15.9. The zero-order valence-corrected chi connectivity index (χ0v) is 13.3. The van der Waals surface area contributed by atoms with Crippen molar-refractivity contribution in [3.63, 3.8) is 0 Å². The molecular weight excluding hydrogens is 290 g/mol. The topological polar surface area (TPSA) is 63.1 Å². The van der Waals surface area contributed by atoms with Crippen molar-refractivity contribution in [1.82, 2.24) is 25.2 Å². The fourth-order valence-corrected chi connectivity index (χ4v) is 3.81. The van der Waals surface area contributed by atoms with Gasteiger partial charge in [-0.2, -0.15) is 10.1 Å². The normalized spacial score (nSPS) is 20.8. The third-order valence-electron chi connectivity index (χ3n) is 5.09. The molecule has 23 heavy (non-hydrogen) atoms. The molecule has 1 aliphatic carbocycles. The summed E-state index contributed by atoms with van der Waals surface area (Å²) in [5, 5.41) is 6.78. The number of carbonyl (C=O) groups excluding carboxylic acids is 1. The summed E-state index contributed by atoms with van der Waals surface area (Å²) < 4.78 is 1.96. The summed E-state index contributed by atoms with van der Waals surface area (Å²) in [6.07, 6.45) is 10.3. The van der Waals surface area contributed by atoms with Crippen molar-refractivity contribution in [2.24, 2.45) is 0 Å². The monoisotopic (exact) mass is 311 g/mol. The number of carbonyl (C=O) groups is 1. The van der Waals surface area contributed by atoms with Gasteiger partial charge in [0, 0.05) is 25.0 Å². The second kappa shape index (κ2) is 5.45. The summed E-state index contributed by atoms with van der Waals surface area (Å²) in [6, 6.07) is 5.75. The molecule has 6 nitrogen and oxygen atoms in total. The molecule has 4 rings (SSSR count). The summed E-state index contributed by atoms with van der Waals surface area (Å²) in [4.78, 5) is 16.6. The van der Waals surface area contributed by atoms with Crippen molar-refractivity contribution in [2.75, 3.05) is 7.05 Å². The van der Waals surface area contributed by atoms with Gasteiger partial charge >= 0.3 is 0 Å². The summed E-state index contributed by atoms with van der Waals surface area (Å²) in [6.45, 7) is 0. The number of rotatable bonds is 1. The molecule has 0 radical (unpaired) electrons. The smallest absolute Gasteiger partial charge is 0.281 e. The van der Waals surface area contributed by atoms with Crippen LogP contribution in [0.25, 0.3) is 11.3 Å². The molecule has 1 spiro atoms. The number of amides is 1. The first kappa shape index (κ1) is 14.4. The molecule has 0 aromatic carbocycles. The first-order valence-electron chi connectivity index (χ1n) is 8.26. The van der Waals surface area contributed by atoms with Crippen molar-refractivity contribution in [1.29, 1.82) is 0 Å². The molecule has 0 saturated heterocycles. The number of hydrazine groups is 1. The number of pyridine rings is 1. The van der Waals surface area contributed by atoms with Crippen molar-refractivity contribution in [3.8, 4) is 11.3 Å². The summed E-state index contributed by atoms with van der Waals surface area (Å²) in [7, 11) is 1.96. The van der Waals surface area contributed by atoms with Crippen molar-refractivity contribution >= 4 is 5.91 Å². The van der Waals surface area contributed by atoms with Crippen LogP contribution in [0.3, 0.4) is 0 Å². The second-order valence-electron chi connectivity index (χ2n) is 6.46. The van der Waals surface area contributed by atoms with Gasteiger partial charge in [0.25, 0.3) is 5.91 Å². The Hall–Kier alpha value is -2.21. The molecule has 3 heterocycles. The van der Waals surface area contributed by atoms with Gasteiger partial charge in [-0.05, 0) is 43.9 Å². The van der Waals surface area contributed by atoms with Crippen LogP contribution >= 0.6 is 0 Å². The highest BCUT2D eigenvalue weighted by atomic mass is 16.2. The Morgan fingerprint density at radius 2 is 2.00 bits per heavy atom. The average molecular weight is 311 g/mol. The van der Waals surface area contributed by atoms with Gasteiger partial charge < -0.3 is 0 Å². The van der Waals surface area contributed by atoms with E-state index in [0.717, 1.165) is 36.9 Å². The van der Waals surface area contributed by atoms with E-state index in [1.54, 1.807) is 12.4 Å². The van der Waals surface area contributed by atoms with E-state index in [-0.39, 0.29) is 11.6 Å². The van der Waals surface area contributed by atoms with Gasteiger partial charge in [0.15, 0.2) is 0 Å². The van der Waals surface area contributed by atoms with Crippen LogP contribution in [0.15, 0.2) is 30.6 Å². The van der Waals surface area contributed by atoms with Crippen LogP contribution in [0, 0.1) is 0 Å². The Morgan fingerprint density at radius 3 is 2.70 bits per heavy atom. The number of nitrogens with one attached hydrogen (secondary N) is 1. The summed E-state index contributed by atoms with van der Waals surface area (Å²) >= 11 is 0. The van der Waals surface area contributed by atoms with Gasteiger partial charge in [0.2, 0.25) is 0 Å². The zero-order valence-electron chi connectivity index (χ0n) is 13.3. The molecule has 1 N–H and O–H groups in total. The number of hydrogen-bond acceptors (Lipinski definition) is 4. The van der Waals surface area contributed by atoms with E-state index in [2.05, 4.69) is 10.4 Å². The van der Waals surface area contributed by atoms with Crippen molar-refractivity contribution in [3.05, 3.63) is 36.3 Å². The fraction of sp³-hybridized carbons (Fsp3) is 0.471. The van der Waals surface area contributed by atoms with Gasteiger partial charge in [-0.1, -0.05) is 12.8 Å². The molecule has 1 saturated carbocycles. The van der Waals surface area contributed by atoms with Crippen LogP contribution < -0.4 is 5.43 Å². The lowest BCUT2D eigenvalue weighted by molar-refractivity contribution is -0.0380. The lowest BCUT2D eigenvalue weighted by Gasteiger charge is -2.45. The number of fused-ring (bicyclic) bond motifs is 2. The molecule has 0 atom stereocenters. The maximum absolute atomic E-state index is 12.4. The third-order valence-corrected chi connectivity index (χ3v) is 5.09. The quantitative estimate of drug-likeness (QED) is 0.879. The van der Waals surface area contributed by atoms with E-state index in [4.69, 9.17) is 5.10 Å². The molecule has 0 bridgehead atoms. The molecular formula is C17H21N5O. The lowest BCUT2D eigenvalue weighted by Crippen LogP contribution is -2.61. The number of hydrogen-bond donors (Lipinski definition) is 1. The largest absolute Gasteiger partial charge is 0.284 e. The van der Waals surface area contributed by atoms with E-state index in [1.807, 2.05) is 34.9 Å². The lowest BCUT2D eigenvalue weighted by atomic mass is 9.98. The number of aromatic nitrogens is 3. The molecule has 2 aromatic rings. The summed E-state index contributed by atoms with van der Waals surface area (Å²) in [5.41, 5.74) is 5.15. The Bertz CT molecular complexity index is 716. The fourth-order valence-electron chi connectivity index (χ4n) is 3.81. The second-order valence-corrected chi connectivity index (χ2v) is 6.46. The van der Waals surface area contributed by atoms with Gasteiger partial charge in [0.05, 0.1) is 5.69 Å². The summed E-state index contributed by atoms with van der Waals surface area (Å²) in [5.74, 6) is -0.0926. The van der Waals surface area contributed by atoms with Crippen molar-refractivity contribution in [2.45, 2.75) is 44.2 Å². The predicted octanol–water partition coefficient (Wildman–Crippen LogP) is 2.54. The van der Waals surface area contributed by atoms with E-state index < -0.39 is 0 Å². The maximum atomic E-state index is 12.4. The molecule has 0 unspecified atom stereocenters. The third kappa shape index (κ3) is 2.25. The van der Waals surface area contributed by atoms with E-state index >= 15 is 0 Å². The molecule has 1 amide bonds. The van der Waals surface area contributed by atoms with Crippen LogP contribution in [-0.2, 0) is 5.66 Å². The van der Waals surface area contributed by atoms with Crippen molar-refractivity contribution < 1.29 is 4.79 Å². The van der Waals surface area contributed by atoms with Gasteiger partial charge in [0.1, 0.15) is 11.4 Å². The Labute approximate surface area is 135 Å². The molecule has 1 aliphatic heterocycles. The SMILES string of the molecule is CN1NC(=O)c2cc(-c3cccnc3)nn2C12CCCCCC2. The van der Waals surface area contributed by atoms with E-state index in [0.29, 0.717) is 5.69 Å². The highest BCUT2D eigenvalue weighted by molar-refractivity contribution is 5.94. The minimum atomic E-state index is -0.250. The van der Waals surface area contributed by atoms with Gasteiger partial charge in [-0.3, -0.25) is 15.2 Å². The minimum absolute atomic E-state index is 0.0926. The predicted molar refractivity (Wildman–Crippen MR) is 86.4 cm³/mol. The molecule has 2 aromatic heterocycles. The van der Waals surface area contributed by atoms with Crippen LogP contribution in [-0.4, -0.2) is 32.7 Å². The maximum Gasteiger partial charge on any atom is 0.284 e. The first-order chi connectivity index (χ1) is 11.2. The van der Waals surface area contributed by atoms with Crippen LogP contribution in [0.1, 0.15) is 49.0 Å². The minimum Gasteiger partial charge on any atom is -0.281 e. The Kier molecular flexibility index (Phi) is 3.41. The van der Waals surface area contributed by atoms with Crippen LogP contribution in [0.5, 0.6) is 0 Å². The van der Waals surface area contributed by atoms with Crippen LogP contribution in [0.2, 0.25) is 0 Å². The average Bonchev–Trinajstić information content (AvgIpc) is 2.88.